The molecule has 0 aromatic rings. The fourth-order valence-electron chi connectivity index (χ4n) is 0.892. The van der Waals surface area contributed by atoms with Gasteiger partial charge < -0.3 is 10.2 Å². The molecule has 1 N–H and O–H groups in total. The topological polar surface area (TPSA) is 15.3 Å². The molecule has 0 rings (SSSR count). The Morgan fingerprint density at radius 3 is 2.46 bits per heavy atom. The van der Waals surface area contributed by atoms with Crippen LogP contribution in [0.2, 0.25) is 0 Å². The van der Waals surface area contributed by atoms with Crippen molar-refractivity contribution in [1.82, 2.24) is 10.2 Å². The zero-order valence-electron chi connectivity index (χ0n) is 9.72. The standard InChI is InChI=1S/C11H24N2/c1-10(2)6-7-12-8-9-13(5)11(3)4/h6,11-12H,7-9H2,1-5H3. The maximum absolute atomic E-state index is 3.38. The van der Waals surface area contributed by atoms with E-state index >= 15 is 0 Å². The van der Waals surface area contributed by atoms with Crippen molar-refractivity contribution in [3.8, 4) is 0 Å². The molecule has 0 aliphatic rings. The van der Waals surface area contributed by atoms with Gasteiger partial charge in [-0.3, -0.25) is 0 Å². The van der Waals surface area contributed by atoms with Crippen molar-refractivity contribution in [3.05, 3.63) is 11.6 Å². The van der Waals surface area contributed by atoms with Crippen molar-refractivity contribution >= 4 is 0 Å². The first-order chi connectivity index (χ1) is 6.04. The first-order valence-electron chi connectivity index (χ1n) is 5.08. The molecular weight excluding hydrogens is 160 g/mol. The van der Waals surface area contributed by atoms with Gasteiger partial charge in [-0.05, 0) is 34.7 Å². The SMILES string of the molecule is CC(C)=CCNCCN(C)C(C)C. The Morgan fingerprint density at radius 1 is 1.38 bits per heavy atom. The van der Waals surface area contributed by atoms with E-state index in [1.165, 1.54) is 5.57 Å². The van der Waals surface area contributed by atoms with E-state index in [1.807, 2.05) is 0 Å². The van der Waals surface area contributed by atoms with Crippen LogP contribution in [0.3, 0.4) is 0 Å². The Bertz CT molecular complexity index is 146. The number of nitrogens with one attached hydrogen (secondary N) is 1. The molecule has 0 radical (unpaired) electrons. The van der Waals surface area contributed by atoms with Gasteiger partial charge in [-0.2, -0.15) is 0 Å². The zero-order chi connectivity index (χ0) is 10.3. The van der Waals surface area contributed by atoms with E-state index in [0.29, 0.717) is 6.04 Å². The summed E-state index contributed by atoms with van der Waals surface area (Å²) in [5, 5.41) is 3.38. The second-order valence-corrected chi connectivity index (χ2v) is 4.06. The van der Waals surface area contributed by atoms with Gasteiger partial charge in [0.05, 0.1) is 0 Å². The molecule has 13 heavy (non-hydrogen) atoms. The molecule has 0 amide bonds. The number of allylic oxidation sites excluding steroid dienone is 1. The molecule has 2 nitrogen and oxygen atoms in total. The lowest BCUT2D eigenvalue weighted by molar-refractivity contribution is 0.275. The lowest BCUT2D eigenvalue weighted by atomic mass is 10.3. The molecule has 0 heterocycles. The summed E-state index contributed by atoms with van der Waals surface area (Å²) in [6.07, 6.45) is 2.22. The first kappa shape index (κ1) is 12.7. The highest BCUT2D eigenvalue weighted by Gasteiger charge is 2.00. The third-order valence-electron chi connectivity index (χ3n) is 2.18. The molecule has 0 fully saturated rings. The van der Waals surface area contributed by atoms with Crippen LogP contribution in [0.15, 0.2) is 11.6 Å². The third kappa shape index (κ3) is 8.00. The van der Waals surface area contributed by atoms with Gasteiger partial charge in [0, 0.05) is 25.7 Å². The minimum Gasteiger partial charge on any atom is -0.312 e. The van der Waals surface area contributed by atoms with Crippen LogP contribution in [0.25, 0.3) is 0 Å². The summed E-state index contributed by atoms with van der Waals surface area (Å²) in [4.78, 5) is 2.34. The number of likely N-dealkylation sites (N-methyl/N-ethyl adjacent to an activating group) is 1. The van der Waals surface area contributed by atoms with Crippen molar-refractivity contribution in [2.24, 2.45) is 0 Å². The van der Waals surface area contributed by atoms with Gasteiger partial charge in [0.1, 0.15) is 0 Å². The maximum Gasteiger partial charge on any atom is 0.0137 e. The highest BCUT2D eigenvalue weighted by atomic mass is 15.1. The number of hydrogen-bond acceptors (Lipinski definition) is 2. The molecule has 0 unspecified atom stereocenters. The van der Waals surface area contributed by atoms with E-state index in [9.17, 15) is 0 Å². The normalized spacial score (nSPS) is 11.0. The predicted octanol–water partition coefficient (Wildman–Crippen LogP) is 1.88. The lowest BCUT2D eigenvalue weighted by Crippen LogP contribution is -2.33. The summed E-state index contributed by atoms with van der Waals surface area (Å²) < 4.78 is 0. The molecule has 0 spiro atoms. The second kappa shape index (κ2) is 7.10. The van der Waals surface area contributed by atoms with Crippen LogP contribution in [-0.2, 0) is 0 Å². The molecule has 0 saturated heterocycles. The average molecular weight is 184 g/mol. The van der Waals surface area contributed by atoms with Crippen molar-refractivity contribution in [3.63, 3.8) is 0 Å². The van der Waals surface area contributed by atoms with E-state index in [0.717, 1.165) is 19.6 Å². The van der Waals surface area contributed by atoms with E-state index in [-0.39, 0.29) is 0 Å². The Kier molecular flexibility index (Phi) is 6.92. The molecular formula is C11H24N2. The van der Waals surface area contributed by atoms with Crippen LogP contribution in [0, 0.1) is 0 Å². The minimum absolute atomic E-state index is 0.644. The van der Waals surface area contributed by atoms with E-state index in [2.05, 4.69) is 51.0 Å². The van der Waals surface area contributed by atoms with Gasteiger partial charge in [-0.1, -0.05) is 11.6 Å². The molecule has 2 heteroatoms. The van der Waals surface area contributed by atoms with Crippen LogP contribution >= 0.6 is 0 Å². The average Bonchev–Trinajstić information content (AvgIpc) is 2.02. The molecule has 78 valence electrons. The van der Waals surface area contributed by atoms with Crippen LogP contribution in [0.1, 0.15) is 27.7 Å². The summed E-state index contributed by atoms with van der Waals surface area (Å²) in [6, 6.07) is 0.644. The number of rotatable bonds is 6. The summed E-state index contributed by atoms with van der Waals surface area (Å²) in [7, 11) is 2.16. The van der Waals surface area contributed by atoms with Gasteiger partial charge in [0.15, 0.2) is 0 Å². The number of nitrogens with zero attached hydrogens (tertiary/aromatic N) is 1. The van der Waals surface area contributed by atoms with Crippen molar-refractivity contribution in [2.45, 2.75) is 33.7 Å². The zero-order valence-corrected chi connectivity index (χ0v) is 9.72. The Labute approximate surface area is 83.0 Å². The monoisotopic (exact) mass is 184 g/mol. The van der Waals surface area contributed by atoms with Gasteiger partial charge in [-0.25, -0.2) is 0 Å². The van der Waals surface area contributed by atoms with Gasteiger partial charge in [0.2, 0.25) is 0 Å². The summed E-state index contributed by atoms with van der Waals surface area (Å²) in [5.74, 6) is 0. The predicted molar refractivity (Wildman–Crippen MR) is 60.1 cm³/mol. The second-order valence-electron chi connectivity index (χ2n) is 4.06. The highest BCUT2D eigenvalue weighted by molar-refractivity contribution is 4.94. The summed E-state index contributed by atoms with van der Waals surface area (Å²) in [5.41, 5.74) is 1.38. The minimum atomic E-state index is 0.644. The molecule has 0 aliphatic heterocycles. The van der Waals surface area contributed by atoms with Gasteiger partial charge in [0.25, 0.3) is 0 Å². The molecule has 0 bridgehead atoms. The summed E-state index contributed by atoms with van der Waals surface area (Å²) >= 11 is 0. The maximum atomic E-state index is 3.38. The fourth-order valence-corrected chi connectivity index (χ4v) is 0.892. The van der Waals surface area contributed by atoms with Crippen LogP contribution in [0.5, 0.6) is 0 Å². The third-order valence-corrected chi connectivity index (χ3v) is 2.18. The van der Waals surface area contributed by atoms with Crippen molar-refractivity contribution < 1.29 is 0 Å². The molecule has 0 aromatic heterocycles. The first-order valence-corrected chi connectivity index (χ1v) is 5.08. The Morgan fingerprint density at radius 2 is 2.00 bits per heavy atom. The highest BCUT2D eigenvalue weighted by Crippen LogP contribution is 1.91. The molecule has 0 aromatic carbocycles. The Balaban J connectivity index is 3.31. The van der Waals surface area contributed by atoms with Gasteiger partial charge in [-0.15, -0.1) is 0 Å². The van der Waals surface area contributed by atoms with E-state index in [1.54, 1.807) is 0 Å². The summed E-state index contributed by atoms with van der Waals surface area (Å²) in [6.45, 7) is 11.9. The molecule has 0 saturated carbocycles. The van der Waals surface area contributed by atoms with Crippen LogP contribution in [0.4, 0.5) is 0 Å². The fraction of sp³-hybridized carbons (Fsp3) is 0.818. The lowest BCUT2D eigenvalue weighted by Gasteiger charge is -2.20. The molecule has 0 aliphatic carbocycles. The van der Waals surface area contributed by atoms with E-state index < -0.39 is 0 Å². The largest absolute Gasteiger partial charge is 0.312 e. The molecule has 0 atom stereocenters. The van der Waals surface area contributed by atoms with Crippen molar-refractivity contribution in [1.29, 1.82) is 0 Å². The quantitative estimate of drug-likeness (QED) is 0.501. The van der Waals surface area contributed by atoms with Crippen molar-refractivity contribution in [2.75, 3.05) is 26.7 Å². The van der Waals surface area contributed by atoms with E-state index in [4.69, 9.17) is 0 Å². The number of hydrogen-bond donors (Lipinski definition) is 1. The smallest absolute Gasteiger partial charge is 0.0137 e. The van der Waals surface area contributed by atoms with Crippen LogP contribution in [-0.4, -0.2) is 37.6 Å². The van der Waals surface area contributed by atoms with Gasteiger partial charge >= 0.3 is 0 Å². The van der Waals surface area contributed by atoms with Crippen LogP contribution < -0.4 is 5.32 Å². The Hall–Kier alpha value is -0.340.